The molecule has 3 heteroatoms. The van der Waals surface area contributed by atoms with Crippen molar-refractivity contribution in [2.75, 3.05) is 4.90 Å². The van der Waals surface area contributed by atoms with Crippen molar-refractivity contribution in [3.8, 4) is 12.1 Å². The Labute approximate surface area is 115 Å². The van der Waals surface area contributed by atoms with Crippen LogP contribution in [0.4, 0.5) is 5.69 Å². The van der Waals surface area contributed by atoms with Crippen LogP contribution >= 0.6 is 0 Å². The van der Waals surface area contributed by atoms with Gasteiger partial charge < -0.3 is 4.90 Å². The molecule has 1 aromatic carbocycles. The van der Waals surface area contributed by atoms with Crippen LogP contribution in [-0.4, -0.2) is 12.1 Å². The fourth-order valence-corrected chi connectivity index (χ4v) is 2.19. The van der Waals surface area contributed by atoms with Gasteiger partial charge in [-0.25, -0.2) is 0 Å². The Morgan fingerprint density at radius 1 is 1.00 bits per heavy atom. The predicted molar refractivity (Wildman–Crippen MR) is 78.4 cm³/mol. The van der Waals surface area contributed by atoms with Crippen LogP contribution < -0.4 is 4.90 Å². The molecule has 0 aromatic heterocycles. The second kappa shape index (κ2) is 6.61. The van der Waals surface area contributed by atoms with Gasteiger partial charge in [-0.3, -0.25) is 0 Å². The maximum absolute atomic E-state index is 8.73. The van der Waals surface area contributed by atoms with Gasteiger partial charge in [0.05, 0.1) is 0 Å². The quantitative estimate of drug-likeness (QED) is 0.768. The number of rotatable bonds is 4. The summed E-state index contributed by atoms with van der Waals surface area (Å²) in [6.07, 6.45) is 1.60. The summed E-state index contributed by atoms with van der Waals surface area (Å²) in [5.74, 6) is 0. The van der Waals surface area contributed by atoms with E-state index >= 15 is 0 Å². The molecule has 0 atom stereocenters. The molecule has 0 aliphatic carbocycles. The molecule has 0 N–H and O–H groups in total. The number of hydrogen-bond donors (Lipinski definition) is 0. The number of benzene rings is 1. The lowest BCUT2D eigenvalue weighted by Crippen LogP contribution is -2.36. The highest BCUT2D eigenvalue weighted by atomic mass is 15.2. The van der Waals surface area contributed by atoms with E-state index in [1.54, 1.807) is 6.08 Å². The predicted octanol–water partition coefficient (Wildman–Crippen LogP) is 3.74. The van der Waals surface area contributed by atoms with Crippen molar-refractivity contribution in [2.24, 2.45) is 0 Å². The van der Waals surface area contributed by atoms with Crippen molar-refractivity contribution in [3.05, 3.63) is 35.4 Å². The summed E-state index contributed by atoms with van der Waals surface area (Å²) in [5.41, 5.74) is 2.14. The summed E-state index contributed by atoms with van der Waals surface area (Å²) in [4.78, 5) is 2.32. The van der Waals surface area contributed by atoms with Gasteiger partial charge in [0.15, 0.2) is 0 Å². The Morgan fingerprint density at radius 2 is 1.47 bits per heavy atom. The summed E-state index contributed by atoms with van der Waals surface area (Å²) in [7, 11) is 0. The smallest absolute Gasteiger partial charge is 0.130 e. The van der Waals surface area contributed by atoms with Gasteiger partial charge in [-0.15, -0.1) is 0 Å². The Bertz CT molecular complexity index is 501. The molecule has 0 saturated heterocycles. The average Bonchev–Trinajstić information content (AvgIpc) is 2.37. The molecule has 0 amide bonds. The van der Waals surface area contributed by atoms with E-state index in [0.29, 0.717) is 12.1 Å². The fraction of sp³-hybridized carbons (Fsp3) is 0.375. The molecule has 1 rings (SSSR count). The van der Waals surface area contributed by atoms with Crippen LogP contribution in [-0.2, 0) is 0 Å². The van der Waals surface area contributed by atoms with Gasteiger partial charge in [0.1, 0.15) is 17.7 Å². The van der Waals surface area contributed by atoms with E-state index in [9.17, 15) is 0 Å². The van der Waals surface area contributed by atoms with Gasteiger partial charge in [0.25, 0.3) is 0 Å². The molecular weight excluding hydrogens is 234 g/mol. The molecule has 3 nitrogen and oxygen atoms in total. The Morgan fingerprint density at radius 3 is 1.84 bits per heavy atom. The second-order valence-corrected chi connectivity index (χ2v) is 4.97. The van der Waals surface area contributed by atoms with E-state index in [-0.39, 0.29) is 5.57 Å². The van der Waals surface area contributed by atoms with Gasteiger partial charge in [-0.1, -0.05) is 12.1 Å². The first-order valence-electron chi connectivity index (χ1n) is 6.40. The zero-order chi connectivity index (χ0) is 14.4. The minimum atomic E-state index is 0.123. The van der Waals surface area contributed by atoms with Crippen LogP contribution in [0.2, 0.25) is 0 Å². The van der Waals surface area contributed by atoms with Gasteiger partial charge in [0.2, 0.25) is 0 Å². The third-order valence-corrected chi connectivity index (χ3v) is 2.86. The van der Waals surface area contributed by atoms with Crippen molar-refractivity contribution >= 4 is 11.8 Å². The zero-order valence-electron chi connectivity index (χ0n) is 11.9. The average molecular weight is 253 g/mol. The van der Waals surface area contributed by atoms with E-state index in [1.165, 1.54) is 0 Å². The molecular formula is C16H19N3. The van der Waals surface area contributed by atoms with Crippen LogP contribution in [0.3, 0.4) is 0 Å². The summed E-state index contributed by atoms with van der Waals surface area (Å²) >= 11 is 0. The maximum atomic E-state index is 8.73. The van der Waals surface area contributed by atoms with Gasteiger partial charge >= 0.3 is 0 Å². The molecule has 0 fully saturated rings. The second-order valence-electron chi connectivity index (χ2n) is 4.97. The lowest BCUT2D eigenvalue weighted by molar-refractivity contribution is 0.608. The molecule has 0 aliphatic rings. The Balaban J connectivity index is 3.03. The summed E-state index contributed by atoms with van der Waals surface area (Å²) in [6.45, 7) is 8.66. The Kier molecular flexibility index (Phi) is 5.15. The zero-order valence-corrected chi connectivity index (χ0v) is 11.9. The molecule has 0 aliphatic heterocycles. The van der Waals surface area contributed by atoms with Gasteiger partial charge in [0, 0.05) is 17.8 Å². The molecule has 0 saturated carbocycles. The first-order valence-corrected chi connectivity index (χ1v) is 6.40. The lowest BCUT2D eigenvalue weighted by atomic mass is 10.1. The minimum Gasteiger partial charge on any atom is -0.367 e. The monoisotopic (exact) mass is 253 g/mol. The molecule has 0 radical (unpaired) electrons. The number of anilines is 1. The molecule has 0 unspecified atom stereocenters. The summed E-state index contributed by atoms with van der Waals surface area (Å²) in [5, 5.41) is 17.5. The minimum absolute atomic E-state index is 0.123. The third-order valence-electron chi connectivity index (χ3n) is 2.86. The standard InChI is InChI=1S/C16H19N3/c1-12(2)19(13(3)4)16-7-5-14(6-8-16)9-15(10-17)11-18/h5-9,12-13H,1-4H3. The largest absolute Gasteiger partial charge is 0.367 e. The highest BCUT2D eigenvalue weighted by Gasteiger charge is 2.13. The normalized spacial score (nSPS) is 9.89. The molecule has 98 valence electrons. The number of nitriles is 2. The maximum Gasteiger partial charge on any atom is 0.130 e. The van der Waals surface area contributed by atoms with Gasteiger partial charge in [-0.05, 0) is 51.5 Å². The van der Waals surface area contributed by atoms with E-state index < -0.39 is 0 Å². The number of allylic oxidation sites excluding steroid dienone is 1. The van der Waals surface area contributed by atoms with E-state index in [2.05, 4.69) is 32.6 Å². The number of hydrogen-bond acceptors (Lipinski definition) is 3. The first kappa shape index (κ1) is 14.8. The first-order chi connectivity index (χ1) is 8.99. The molecule has 0 spiro atoms. The van der Waals surface area contributed by atoms with Crippen LogP contribution in [0.25, 0.3) is 6.08 Å². The van der Waals surface area contributed by atoms with E-state index in [4.69, 9.17) is 10.5 Å². The van der Waals surface area contributed by atoms with Crippen molar-refractivity contribution in [1.29, 1.82) is 10.5 Å². The fourth-order valence-electron chi connectivity index (χ4n) is 2.19. The lowest BCUT2D eigenvalue weighted by Gasteiger charge is -2.33. The van der Waals surface area contributed by atoms with Gasteiger partial charge in [-0.2, -0.15) is 10.5 Å². The summed E-state index contributed by atoms with van der Waals surface area (Å²) < 4.78 is 0. The Hall–Kier alpha value is -2.26. The topological polar surface area (TPSA) is 50.8 Å². The molecule has 1 aromatic rings. The molecule has 0 heterocycles. The number of nitrogens with zero attached hydrogens (tertiary/aromatic N) is 3. The van der Waals surface area contributed by atoms with Crippen LogP contribution in [0.1, 0.15) is 33.3 Å². The highest BCUT2D eigenvalue weighted by molar-refractivity contribution is 5.64. The highest BCUT2D eigenvalue weighted by Crippen LogP contribution is 2.21. The van der Waals surface area contributed by atoms with Crippen molar-refractivity contribution in [2.45, 2.75) is 39.8 Å². The van der Waals surface area contributed by atoms with E-state index in [0.717, 1.165) is 11.3 Å². The van der Waals surface area contributed by atoms with Crippen LogP contribution in [0, 0.1) is 22.7 Å². The van der Waals surface area contributed by atoms with E-state index in [1.807, 2.05) is 36.4 Å². The SMILES string of the molecule is CC(C)N(c1ccc(C=C(C#N)C#N)cc1)C(C)C. The van der Waals surface area contributed by atoms with Crippen LogP contribution in [0.5, 0.6) is 0 Å². The van der Waals surface area contributed by atoms with Crippen molar-refractivity contribution < 1.29 is 0 Å². The third kappa shape index (κ3) is 3.86. The molecule has 19 heavy (non-hydrogen) atoms. The van der Waals surface area contributed by atoms with Crippen molar-refractivity contribution in [1.82, 2.24) is 0 Å². The van der Waals surface area contributed by atoms with Crippen LogP contribution in [0.15, 0.2) is 29.8 Å². The molecule has 0 bridgehead atoms. The summed E-state index contributed by atoms with van der Waals surface area (Å²) in [6, 6.07) is 12.5. The van der Waals surface area contributed by atoms with Crippen molar-refractivity contribution in [3.63, 3.8) is 0 Å².